The van der Waals surface area contributed by atoms with Crippen LogP contribution in [0.3, 0.4) is 0 Å². The van der Waals surface area contributed by atoms with Crippen molar-refractivity contribution in [3.63, 3.8) is 0 Å². The molecule has 1 aromatic heterocycles. The van der Waals surface area contributed by atoms with Crippen LogP contribution in [0.15, 0.2) is 12.4 Å². The third-order valence-electron chi connectivity index (χ3n) is 3.70. The Labute approximate surface area is 152 Å². The predicted octanol–water partition coefficient (Wildman–Crippen LogP) is 3.51. The first-order valence-corrected chi connectivity index (χ1v) is 12.3. The number of hydrogen-bond donors (Lipinski definition) is 0. The zero-order valence-corrected chi connectivity index (χ0v) is 17.2. The van der Waals surface area contributed by atoms with Crippen molar-refractivity contribution in [2.24, 2.45) is 5.92 Å². The molecule has 0 bridgehead atoms. The molecule has 25 heavy (non-hydrogen) atoms. The van der Waals surface area contributed by atoms with Gasteiger partial charge in [-0.2, -0.15) is 0 Å². The second kappa shape index (κ2) is 7.57. The molecule has 0 aliphatic carbocycles. The normalized spacial score (nSPS) is 17.8. The van der Waals surface area contributed by atoms with Crippen LogP contribution in [0.4, 0.5) is 4.79 Å². The molecule has 0 spiro atoms. The molecule has 1 amide bonds. The van der Waals surface area contributed by atoms with E-state index in [0.717, 1.165) is 30.8 Å². The van der Waals surface area contributed by atoms with Gasteiger partial charge in [-0.3, -0.25) is 0 Å². The fourth-order valence-corrected chi connectivity index (χ4v) is 3.05. The van der Waals surface area contributed by atoms with Gasteiger partial charge in [-0.1, -0.05) is 25.6 Å². The van der Waals surface area contributed by atoms with E-state index in [1.54, 1.807) is 17.3 Å². The van der Waals surface area contributed by atoms with Crippen molar-refractivity contribution in [3.05, 3.63) is 23.8 Å². The molecule has 0 unspecified atom stereocenters. The van der Waals surface area contributed by atoms with E-state index in [4.69, 9.17) is 4.74 Å². The van der Waals surface area contributed by atoms with Crippen LogP contribution in [0.5, 0.6) is 0 Å². The lowest BCUT2D eigenvalue weighted by Gasteiger charge is -2.24. The minimum absolute atomic E-state index is 0.229. The van der Waals surface area contributed by atoms with Gasteiger partial charge in [-0.15, -0.1) is 5.54 Å². The Morgan fingerprint density at radius 2 is 1.96 bits per heavy atom. The summed E-state index contributed by atoms with van der Waals surface area (Å²) in [6, 6.07) is 0. The van der Waals surface area contributed by atoms with E-state index < -0.39 is 13.7 Å². The number of nitrogens with zero attached hydrogens (tertiary/aromatic N) is 3. The fraction of sp³-hybridized carbons (Fsp3) is 0.632. The van der Waals surface area contributed by atoms with Crippen LogP contribution in [0.25, 0.3) is 0 Å². The summed E-state index contributed by atoms with van der Waals surface area (Å²) >= 11 is 0. The Morgan fingerprint density at radius 3 is 2.52 bits per heavy atom. The molecule has 1 atom stereocenters. The summed E-state index contributed by atoms with van der Waals surface area (Å²) in [5.74, 6) is 4.36. The molecule has 1 saturated heterocycles. The van der Waals surface area contributed by atoms with Crippen LogP contribution >= 0.6 is 0 Å². The highest BCUT2D eigenvalue weighted by Crippen LogP contribution is 2.21. The average molecular weight is 360 g/mol. The summed E-state index contributed by atoms with van der Waals surface area (Å²) < 4.78 is 5.43. The van der Waals surface area contributed by atoms with Gasteiger partial charge in [0.2, 0.25) is 0 Å². The third kappa shape index (κ3) is 6.87. The average Bonchev–Trinajstić information content (AvgIpc) is 2.93. The molecule has 0 N–H and O–H groups in total. The zero-order valence-electron chi connectivity index (χ0n) is 16.2. The van der Waals surface area contributed by atoms with E-state index in [-0.39, 0.29) is 6.09 Å². The van der Waals surface area contributed by atoms with E-state index >= 15 is 0 Å². The van der Waals surface area contributed by atoms with Crippen LogP contribution in [0.1, 0.15) is 38.6 Å². The Morgan fingerprint density at radius 1 is 1.32 bits per heavy atom. The lowest BCUT2D eigenvalue weighted by Crippen LogP contribution is -2.35. The van der Waals surface area contributed by atoms with Crippen LogP contribution in [-0.2, 0) is 11.2 Å². The molecule has 1 aliphatic heterocycles. The van der Waals surface area contributed by atoms with Crippen molar-refractivity contribution in [2.75, 3.05) is 13.1 Å². The van der Waals surface area contributed by atoms with Crippen molar-refractivity contribution in [1.82, 2.24) is 14.9 Å². The monoisotopic (exact) mass is 359 g/mol. The molecule has 2 heterocycles. The second-order valence-corrected chi connectivity index (χ2v) is 13.4. The number of carbonyl (C=O) groups is 1. The maximum absolute atomic E-state index is 12.1. The zero-order chi connectivity index (χ0) is 18.7. The molecule has 136 valence electrons. The highest BCUT2D eigenvalue weighted by atomic mass is 28.3. The molecule has 2 rings (SSSR count). The SMILES string of the molecule is CC(C)(C)OC(=O)N1CC[C@@H](Cc2ncc(C#C[Si](C)(C)C)cn2)C1. The molecular formula is C19H29N3O2Si. The van der Waals surface area contributed by atoms with Gasteiger partial charge in [0.1, 0.15) is 19.5 Å². The first-order valence-electron chi connectivity index (χ1n) is 8.84. The van der Waals surface area contributed by atoms with Gasteiger partial charge < -0.3 is 9.64 Å². The number of amides is 1. The van der Waals surface area contributed by atoms with Gasteiger partial charge in [0.05, 0.1) is 5.56 Å². The van der Waals surface area contributed by atoms with E-state index in [0.29, 0.717) is 12.5 Å². The number of carbonyl (C=O) groups excluding carboxylic acids is 1. The Bertz CT molecular complexity index is 663. The van der Waals surface area contributed by atoms with Crippen molar-refractivity contribution in [2.45, 2.75) is 58.9 Å². The highest BCUT2D eigenvalue weighted by Gasteiger charge is 2.30. The Balaban J connectivity index is 1.89. The molecule has 1 aromatic rings. The van der Waals surface area contributed by atoms with Crippen LogP contribution in [0, 0.1) is 17.4 Å². The topological polar surface area (TPSA) is 55.3 Å². The maximum atomic E-state index is 12.1. The summed E-state index contributed by atoms with van der Waals surface area (Å²) in [5, 5.41) is 0. The first kappa shape index (κ1) is 19.5. The van der Waals surface area contributed by atoms with Crippen LogP contribution in [-0.4, -0.2) is 47.7 Å². The molecule has 1 fully saturated rings. The van der Waals surface area contributed by atoms with Gasteiger partial charge >= 0.3 is 6.09 Å². The summed E-state index contributed by atoms with van der Waals surface area (Å²) in [5.41, 5.74) is 3.73. The van der Waals surface area contributed by atoms with Gasteiger partial charge in [-0.25, -0.2) is 14.8 Å². The second-order valence-electron chi connectivity index (χ2n) is 8.67. The van der Waals surface area contributed by atoms with Crippen LogP contribution in [0.2, 0.25) is 19.6 Å². The van der Waals surface area contributed by atoms with Crippen molar-refractivity contribution in [1.29, 1.82) is 0 Å². The Hall–Kier alpha value is -1.87. The number of rotatable bonds is 2. The lowest BCUT2D eigenvalue weighted by atomic mass is 10.0. The quantitative estimate of drug-likeness (QED) is 0.599. The number of aromatic nitrogens is 2. The molecule has 0 saturated carbocycles. The predicted molar refractivity (Wildman–Crippen MR) is 102 cm³/mol. The van der Waals surface area contributed by atoms with E-state index in [9.17, 15) is 4.79 Å². The molecular weight excluding hydrogens is 330 g/mol. The highest BCUT2D eigenvalue weighted by molar-refractivity contribution is 6.83. The lowest BCUT2D eigenvalue weighted by molar-refractivity contribution is 0.0288. The van der Waals surface area contributed by atoms with E-state index in [2.05, 4.69) is 41.1 Å². The summed E-state index contributed by atoms with van der Waals surface area (Å²) in [6.07, 6.45) is 5.11. The molecule has 6 heteroatoms. The Kier molecular flexibility index (Phi) is 5.89. The van der Waals surface area contributed by atoms with Gasteiger partial charge in [0.15, 0.2) is 0 Å². The summed E-state index contributed by atoms with van der Waals surface area (Å²) in [4.78, 5) is 22.8. The minimum Gasteiger partial charge on any atom is -0.444 e. The third-order valence-corrected chi connectivity index (χ3v) is 4.57. The van der Waals surface area contributed by atoms with Gasteiger partial charge in [0.25, 0.3) is 0 Å². The number of likely N-dealkylation sites (tertiary alicyclic amines) is 1. The fourth-order valence-electron chi connectivity index (χ4n) is 2.53. The summed E-state index contributed by atoms with van der Waals surface area (Å²) in [6.45, 7) is 13.7. The van der Waals surface area contributed by atoms with Crippen LogP contribution < -0.4 is 0 Å². The summed E-state index contributed by atoms with van der Waals surface area (Å²) in [7, 11) is -1.38. The van der Waals surface area contributed by atoms with E-state index in [1.807, 2.05) is 20.8 Å². The largest absolute Gasteiger partial charge is 0.444 e. The van der Waals surface area contributed by atoms with Crippen molar-refractivity contribution in [3.8, 4) is 11.5 Å². The molecule has 5 nitrogen and oxygen atoms in total. The molecule has 1 aliphatic rings. The standard InChI is InChI=1S/C19H29N3O2Si/c1-19(2,3)24-18(23)22-9-7-15(14-22)11-17-20-12-16(13-21-17)8-10-25(4,5)6/h12-13,15H,7,9,11,14H2,1-6H3/t15-/m0/s1. The number of hydrogen-bond acceptors (Lipinski definition) is 4. The number of ether oxygens (including phenoxy) is 1. The van der Waals surface area contributed by atoms with Gasteiger partial charge in [-0.05, 0) is 33.1 Å². The maximum Gasteiger partial charge on any atom is 0.410 e. The minimum atomic E-state index is -1.38. The molecule has 0 radical (unpaired) electrons. The first-order chi connectivity index (χ1) is 11.5. The van der Waals surface area contributed by atoms with Crippen molar-refractivity contribution >= 4 is 14.2 Å². The van der Waals surface area contributed by atoms with Crippen molar-refractivity contribution < 1.29 is 9.53 Å². The van der Waals surface area contributed by atoms with E-state index in [1.165, 1.54) is 0 Å². The smallest absolute Gasteiger partial charge is 0.410 e. The molecule has 0 aromatic carbocycles. The van der Waals surface area contributed by atoms with Gasteiger partial charge in [0, 0.05) is 31.9 Å².